The molecule has 4 rings (SSSR count). The summed E-state index contributed by atoms with van der Waals surface area (Å²) < 4.78 is 17.6. The molecule has 1 aromatic carbocycles. The predicted molar refractivity (Wildman–Crippen MR) is 118 cm³/mol. The Bertz CT molecular complexity index is 1210. The van der Waals surface area contributed by atoms with E-state index < -0.39 is 0 Å². The Morgan fingerprint density at radius 3 is 2.72 bits per heavy atom. The van der Waals surface area contributed by atoms with Crippen molar-refractivity contribution in [3.8, 4) is 28.6 Å². The largest absolute Gasteiger partial charge is 0.492 e. The summed E-state index contributed by atoms with van der Waals surface area (Å²) in [6, 6.07) is 14.4. The minimum atomic E-state index is -0.380. The number of anilines is 1. The molecule has 0 fully saturated rings. The lowest BCUT2D eigenvalue weighted by Crippen LogP contribution is -2.32. The number of carbonyl (C=O) groups excluding carboxylic acids is 1. The van der Waals surface area contributed by atoms with E-state index in [1.54, 1.807) is 36.2 Å². The number of methoxy groups -OCH3 is 2. The number of fused-ring (bicyclic) bond motifs is 1. The number of pyridine rings is 1. The molecule has 0 atom stereocenters. The van der Waals surface area contributed by atoms with Crippen LogP contribution in [0.1, 0.15) is 0 Å². The summed E-state index contributed by atoms with van der Waals surface area (Å²) in [5, 5.41) is 9.96. The Morgan fingerprint density at radius 2 is 1.94 bits per heavy atom. The van der Waals surface area contributed by atoms with Gasteiger partial charge in [-0.15, -0.1) is 0 Å². The Labute approximate surface area is 184 Å². The Balaban J connectivity index is 1.38. The molecule has 32 heavy (non-hydrogen) atoms. The zero-order chi connectivity index (χ0) is 22.3. The fourth-order valence-electron chi connectivity index (χ4n) is 2.98. The van der Waals surface area contributed by atoms with E-state index >= 15 is 0 Å². The van der Waals surface area contributed by atoms with Crippen molar-refractivity contribution in [3.05, 3.63) is 60.9 Å². The van der Waals surface area contributed by atoms with Crippen molar-refractivity contribution in [2.75, 3.05) is 32.7 Å². The second-order valence-corrected chi connectivity index (χ2v) is 6.63. The van der Waals surface area contributed by atoms with Gasteiger partial charge in [0.25, 0.3) is 5.88 Å². The summed E-state index contributed by atoms with van der Waals surface area (Å²) in [5.74, 6) is 2.03. The molecule has 0 aliphatic carbocycles. The second-order valence-electron chi connectivity index (χ2n) is 6.63. The number of ether oxygens (including phenoxy) is 3. The number of aromatic nitrogens is 4. The molecule has 0 bridgehead atoms. The molecule has 0 aliphatic heterocycles. The summed E-state index contributed by atoms with van der Waals surface area (Å²) in [7, 11) is 3.08. The van der Waals surface area contributed by atoms with Crippen LogP contribution in [0.4, 0.5) is 10.6 Å². The average Bonchev–Trinajstić information content (AvgIpc) is 3.23. The normalized spacial score (nSPS) is 10.6. The van der Waals surface area contributed by atoms with Gasteiger partial charge in [-0.25, -0.2) is 19.3 Å². The molecule has 3 heterocycles. The predicted octanol–water partition coefficient (Wildman–Crippen LogP) is 3.01. The quantitative estimate of drug-likeness (QED) is 0.410. The highest BCUT2D eigenvalue weighted by atomic mass is 16.5. The molecule has 10 nitrogen and oxygen atoms in total. The molecule has 2 amide bonds. The molecule has 0 spiro atoms. The first-order valence-corrected chi connectivity index (χ1v) is 9.84. The second kappa shape index (κ2) is 9.65. The van der Waals surface area contributed by atoms with Gasteiger partial charge in [0.1, 0.15) is 12.4 Å². The van der Waals surface area contributed by atoms with Crippen LogP contribution in [0.15, 0.2) is 60.9 Å². The monoisotopic (exact) mass is 434 g/mol. The van der Waals surface area contributed by atoms with Gasteiger partial charge in [0.05, 0.1) is 32.7 Å². The zero-order valence-corrected chi connectivity index (χ0v) is 17.6. The first-order valence-electron chi connectivity index (χ1n) is 9.84. The van der Waals surface area contributed by atoms with Crippen molar-refractivity contribution in [3.63, 3.8) is 0 Å². The zero-order valence-electron chi connectivity index (χ0n) is 17.6. The molecular formula is C22H22N6O4. The van der Waals surface area contributed by atoms with Crippen molar-refractivity contribution in [2.45, 2.75) is 0 Å². The van der Waals surface area contributed by atoms with Crippen LogP contribution in [0.2, 0.25) is 0 Å². The number of urea groups is 1. The van der Waals surface area contributed by atoms with E-state index in [0.717, 1.165) is 11.3 Å². The third kappa shape index (κ3) is 4.86. The van der Waals surface area contributed by atoms with Gasteiger partial charge in [0.2, 0.25) is 0 Å². The number of benzene rings is 1. The van der Waals surface area contributed by atoms with Crippen LogP contribution in [0.5, 0.6) is 17.4 Å². The highest BCUT2D eigenvalue weighted by Crippen LogP contribution is 2.29. The van der Waals surface area contributed by atoms with Gasteiger partial charge in [0, 0.05) is 11.8 Å². The number of carbonyl (C=O) groups is 1. The van der Waals surface area contributed by atoms with Crippen molar-refractivity contribution in [1.82, 2.24) is 24.9 Å². The smallest absolute Gasteiger partial charge is 0.320 e. The van der Waals surface area contributed by atoms with Gasteiger partial charge in [0.15, 0.2) is 17.2 Å². The fourth-order valence-corrected chi connectivity index (χ4v) is 2.98. The summed E-state index contributed by atoms with van der Waals surface area (Å²) in [5.41, 5.74) is 2.01. The van der Waals surface area contributed by atoms with E-state index in [1.165, 1.54) is 7.11 Å². The number of imidazole rings is 1. The number of nitrogens with one attached hydrogen (secondary N) is 2. The van der Waals surface area contributed by atoms with Crippen LogP contribution < -0.4 is 24.8 Å². The highest BCUT2D eigenvalue weighted by Gasteiger charge is 2.11. The van der Waals surface area contributed by atoms with E-state index in [-0.39, 0.29) is 6.03 Å². The van der Waals surface area contributed by atoms with Crippen LogP contribution >= 0.6 is 0 Å². The third-order valence-corrected chi connectivity index (χ3v) is 4.49. The van der Waals surface area contributed by atoms with Crippen LogP contribution in [0.3, 0.4) is 0 Å². The lowest BCUT2D eigenvalue weighted by Gasteiger charge is -2.08. The molecule has 4 aromatic rings. The van der Waals surface area contributed by atoms with Gasteiger partial charge in [-0.2, -0.15) is 5.10 Å². The maximum atomic E-state index is 12.1. The summed E-state index contributed by atoms with van der Waals surface area (Å²) in [4.78, 5) is 20.7. The number of hydrogen-bond acceptors (Lipinski definition) is 7. The highest BCUT2D eigenvalue weighted by molar-refractivity contribution is 5.88. The molecule has 0 unspecified atom stereocenters. The lowest BCUT2D eigenvalue weighted by atomic mass is 10.2. The lowest BCUT2D eigenvalue weighted by molar-refractivity contribution is 0.247. The molecule has 2 N–H and O–H groups in total. The van der Waals surface area contributed by atoms with E-state index in [0.29, 0.717) is 41.9 Å². The van der Waals surface area contributed by atoms with Crippen molar-refractivity contribution < 1.29 is 19.0 Å². The Hall–Kier alpha value is -4.34. The van der Waals surface area contributed by atoms with Gasteiger partial charge in [-0.05, 0) is 30.3 Å². The van der Waals surface area contributed by atoms with Crippen LogP contribution in [0, 0.1) is 0 Å². The summed E-state index contributed by atoms with van der Waals surface area (Å²) >= 11 is 0. The molecule has 0 saturated carbocycles. The summed E-state index contributed by atoms with van der Waals surface area (Å²) in [6.07, 6.45) is 3.28. The topological polar surface area (TPSA) is 112 Å². The molecular weight excluding hydrogens is 412 g/mol. The number of amides is 2. The first-order chi connectivity index (χ1) is 15.7. The first kappa shape index (κ1) is 20.9. The molecule has 3 aromatic heterocycles. The van der Waals surface area contributed by atoms with E-state index in [1.807, 2.05) is 36.4 Å². The van der Waals surface area contributed by atoms with Crippen LogP contribution in [-0.4, -0.2) is 53.0 Å². The van der Waals surface area contributed by atoms with E-state index in [9.17, 15) is 4.79 Å². The van der Waals surface area contributed by atoms with Crippen LogP contribution in [-0.2, 0) is 0 Å². The van der Waals surface area contributed by atoms with Crippen molar-refractivity contribution in [1.29, 1.82) is 0 Å². The van der Waals surface area contributed by atoms with Gasteiger partial charge in [-0.3, -0.25) is 5.32 Å². The molecule has 0 radical (unpaired) electrons. The SMILES string of the molecule is COc1cc(-c2ccc3nc(NC(=O)NCCOc4ccccc4)cn3n2)cnc1OC. The number of rotatable bonds is 8. The molecule has 0 aliphatic rings. The minimum Gasteiger partial charge on any atom is -0.492 e. The molecule has 0 saturated heterocycles. The van der Waals surface area contributed by atoms with E-state index in [4.69, 9.17) is 14.2 Å². The van der Waals surface area contributed by atoms with Crippen molar-refractivity contribution in [2.24, 2.45) is 0 Å². The van der Waals surface area contributed by atoms with Gasteiger partial charge >= 0.3 is 6.03 Å². The van der Waals surface area contributed by atoms with E-state index in [2.05, 4.69) is 25.7 Å². The fraction of sp³-hybridized carbons (Fsp3) is 0.182. The Morgan fingerprint density at radius 1 is 1.09 bits per heavy atom. The van der Waals surface area contributed by atoms with Gasteiger partial charge < -0.3 is 19.5 Å². The van der Waals surface area contributed by atoms with Gasteiger partial charge in [-0.1, -0.05) is 18.2 Å². The number of hydrogen-bond donors (Lipinski definition) is 2. The third-order valence-electron chi connectivity index (χ3n) is 4.49. The summed E-state index contributed by atoms with van der Waals surface area (Å²) in [6.45, 7) is 0.704. The standard InChI is InChI=1S/C22H22N6O4/c1-30-18-12-15(13-24-21(18)31-2)17-8-9-20-25-19(14-28(20)27-17)26-22(29)23-10-11-32-16-6-4-3-5-7-16/h3-9,12-14H,10-11H2,1-2H3,(H2,23,26,29). The molecule has 10 heteroatoms. The maximum Gasteiger partial charge on any atom is 0.320 e. The average molecular weight is 434 g/mol. The number of para-hydroxylation sites is 1. The molecule has 164 valence electrons. The number of nitrogens with zero attached hydrogens (tertiary/aromatic N) is 4. The van der Waals surface area contributed by atoms with Crippen molar-refractivity contribution >= 4 is 17.5 Å². The minimum absolute atomic E-state index is 0.350. The Kier molecular flexibility index (Phi) is 6.30. The maximum absolute atomic E-state index is 12.1. The van der Waals surface area contributed by atoms with Crippen LogP contribution in [0.25, 0.3) is 16.9 Å².